The minimum Gasteiger partial charge on any atom is -0.484 e. The van der Waals surface area contributed by atoms with Crippen molar-refractivity contribution in [2.75, 3.05) is 77.1 Å². The molecule has 226 valence electrons. The highest BCUT2D eigenvalue weighted by molar-refractivity contribution is 5.87. The standard InChI is InChI=1S/C28H34FN11O3/c1-36(2)8-7-31-23(41)17-43-19-5-6-21(20(29)16-19)38-12-9-37(10-13-38)11-14-39-18-32-24-26(39)34-28(30)40-27(24)33-25(35-40)22-4-3-15-42-22/h3-6,15-16,18H,7-14,17H2,1-2H3,(H2,30,34)(H,31,41). The predicted octanol–water partition coefficient (Wildman–Crippen LogP) is 1.33. The molecule has 0 bridgehead atoms. The first-order valence-corrected chi connectivity index (χ1v) is 14.1. The van der Waals surface area contributed by atoms with Crippen LogP contribution in [-0.2, 0) is 11.3 Å². The summed E-state index contributed by atoms with van der Waals surface area (Å²) in [4.78, 5) is 31.9. The van der Waals surface area contributed by atoms with Crippen LogP contribution in [0.3, 0.4) is 0 Å². The van der Waals surface area contributed by atoms with E-state index in [0.29, 0.717) is 66.0 Å². The van der Waals surface area contributed by atoms with Crippen LogP contribution in [0.15, 0.2) is 47.3 Å². The number of likely N-dealkylation sites (N-methyl/N-ethyl adjacent to an activating group) is 1. The molecule has 14 nitrogen and oxygen atoms in total. The molecule has 5 aromatic rings. The minimum absolute atomic E-state index is 0.158. The van der Waals surface area contributed by atoms with Crippen molar-refractivity contribution < 1.29 is 18.3 Å². The summed E-state index contributed by atoms with van der Waals surface area (Å²) in [7, 11) is 3.86. The molecule has 1 fully saturated rings. The van der Waals surface area contributed by atoms with Crippen molar-refractivity contribution in [2.45, 2.75) is 6.54 Å². The van der Waals surface area contributed by atoms with Crippen molar-refractivity contribution in [3.8, 4) is 17.3 Å². The molecule has 0 atom stereocenters. The molecule has 0 radical (unpaired) electrons. The number of furan rings is 1. The average Bonchev–Trinajstić information content (AvgIpc) is 3.76. The van der Waals surface area contributed by atoms with E-state index in [0.717, 1.165) is 26.2 Å². The van der Waals surface area contributed by atoms with Gasteiger partial charge in [0.1, 0.15) is 11.6 Å². The van der Waals surface area contributed by atoms with Crippen molar-refractivity contribution in [3.63, 3.8) is 0 Å². The number of rotatable bonds is 11. The number of amides is 1. The minimum atomic E-state index is -0.373. The van der Waals surface area contributed by atoms with Crippen LogP contribution in [-0.4, -0.2) is 111 Å². The number of anilines is 2. The summed E-state index contributed by atoms with van der Waals surface area (Å²) in [5.74, 6) is 0.874. The lowest BCUT2D eigenvalue weighted by Crippen LogP contribution is -2.47. The molecule has 0 aliphatic carbocycles. The van der Waals surface area contributed by atoms with Crippen molar-refractivity contribution in [1.29, 1.82) is 0 Å². The van der Waals surface area contributed by atoms with Crippen LogP contribution in [0.25, 0.3) is 28.4 Å². The van der Waals surface area contributed by atoms with Crippen molar-refractivity contribution in [1.82, 2.24) is 44.2 Å². The van der Waals surface area contributed by atoms with Gasteiger partial charge in [0.25, 0.3) is 5.91 Å². The first-order valence-electron chi connectivity index (χ1n) is 14.1. The van der Waals surface area contributed by atoms with Crippen LogP contribution in [0, 0.1) is 5.82 Å². The molecule has 6 rings (SSSR count). The van der Waals surface area contributed by atoms with Crippen LogP contribution >= 0.6 is 0 Å². The Morgan fingerprint density at radius 1 is 1.14 bits per heavy atom. The fourth-order valence-corrected chi connectivity index (χ4v) is 5.02. The van der Waals surface area contributed by atoms with Crippen LogP contribution in [0.5, 0.6) is 5.75 Å². The van der Waals surface area contributed by atoms with Crippen molar-refractivity contribution >= 4 is 34.4 Å². The third-order valence-corrected chi connectivity index (χ3v) is 7.35. The number of carbonyl (C=O) groups excluding carboxylic acids is 1. The fourth-order valence-electron chi connectivity index (χ4n) is 5.02. The van der Waals surface area contributed by atoms with E-state index >= 15 is 0 Å². The molecule has 0 unspecified atom stereocenters. The molecule has 15 heteroatoms. The normalized spacial score (nSPS) is 14.3. The van der Waals surface area contributed by atoms with Gasteiger partial charge in [-0.2, -0.15) is 9.50 Å². The molecule has 5 heterocycles. The third kappa shape index (κ3) is 6.22. The second-order valence-electron chi connectivity index (χ2n) is 10.6. The zero-order valence-corrected chi connectivity index (χ0v) is 24.1. The number of nitrogens with two attached hydrogens (primary N) is 1. The monoisotopic (exact) mass is 591 g/mol. The molecule has 1 saturated heterocycles. The molecule has 1 aromatic carbocycles. The molecule has 0 spiro atoms. The lowest BCUT2D eigenvalue weighted by atomic mass is 10.2. The lowest BCUT2D eigenvalue weighted by molar-refractivity contribution is -0.123. The molecule has 1 aliphatic heterocycles. The average molecular weight is 592 g/mol. The number of hydrogen-bond donors (Lipinski definition) is 2. The summed E-state index contributed by atoms with van der Waals surface area (Å²) < 4.78 is 29.3. The summed E-state index contributed by atoms with van der Waals surface area (Å²) in [6.45, 7) is 5.42. The van der Waals surface area contributed by atoms with E-state index in [1.165, 1.54) is 10.6 Å². The van der Waals surface area contributed by atoms with Crippen LogP contribution in [0.2, 0.25) is 0 Å². The quantitative estimate of drug-likeness (QED) is 0.229. The number of carbonyl (C=O) groups is 1. The summed E-state index contributed by atoms with van der Waals surface area (Å²) >= 11 is 0. The molecule has 0 saturated carbocycles. The highest BCUT2D eigenvalue weighted by Crippen LogP contribution is 2.26. The Morgan fingerprint density at radius 3 is 2.72 bits per heavy atom. The van der Waals surface area contributed by atoms with Gasteiger partial charge in [-0.15, -0.1) is 5.10 Å². The fraction of sp³-hybridized carbons (Fsp3) is 0.393. The van der Waals surface area contributed by atoms with E-state index in [-0.39, 0.29) is 24.3 Å². The number of hydrogen-bond acceptors (Lipinski definition) is 11. The number of piperazine rings is 1. The predicted molar refractivity (Wildman–Crippen MR) is 158 cm³/mol. The van der Waals surface area contributed by atoms with Gasteiger partial charge in [-0.1, -0.05) is 0 Å². The number of nitrogens with zero attached hydrogens (tertiary/aromatic N) is 9. The Kier molecular flexibility index (Phi) is 8.07. The maximum absolute atomic E-state index is 15.0. The first-order chi connectivity index (χ1) is 20.9. The van der Waals surface area contributed by atoms with Crippen molar-refractivity contribution in [3.05, 3.63) is 48.7 Å². The molecule has 4 aromatic heterocycles. The second-order valence-corrected chi connectivity index (χ2v) is 10.6. The third-order valence-electron chi connectivity index (χ3n) is 7.35. The lowest BCUT2D eigenvalue weighted by Gasteiger charge is -2.36. The second kappa shape index (κ2) is 12.2. The molecule has 1 aliphatic rings. The van der Waals surface area contributed by atoms with Gasteiger partial charge in [0.05, 0.1) is 18.3 Å². The number of aromatic nitrogens is 6. The Balaban J connectivity index is 1.02. The molecular weight excluding hydrogens is 557 g/mol. The zero-order chi connectivity index (χ0) is 29.9. The molecular formula is C28H34FN11O3. The Bertz CT molecular complexity index is 1710. The van der Waals surface area contributed by atoms with E-state index in [1.807, 2.05) is 28.5 Å². The highest BCUT2D eigenvalue weighted by Gasteiger charge is 2.22. The number of ether oxygens (including phenoxy) is 1. The SMILES string of the molecule is CN(C)CCNC(=O)COc1ccc(N2CCN(CCn3cnc4c3nc(N)n3nc(-c5ccco5)nc43)CC2)c(F)c1. The van der Waals surface area contributed by atoms with E-state index in [4.69, 9.17) is 14.9 Å². The highest BCUT2D eigenvalue weighted by atomic mass is 19.1. The number of nitrogens with one attached hydrogen (secondary N) is 1. The summed E-state index contributed by atoms with van der Waals surface area (Å²) in [6, 6.07) is 8.30. The van der Waals surface area contributed by atoms with E-state index in [9.17, 15) is 9.18 Å². The molecule has 43 heavy (non-hydrogen) atoms. The topological polar surface area (TPSA) is 148 Å². The van der Waals surface area contributed by atoms with Crippen LogP contribution < -0.4 is 20.7 Å². The van der Waals surface area contributed by atoms with E-state index in [1.54, 1.807) is 36.9 Å². The Labute approximate surface area is 246 Å². The number of fused-ring (bicyclic) bond motifs is 3. The number of halogens is 1. The van der Waals surface area contributed by atoms with Crippen LogP contribution in [0.1, 0.15) is 0 Å². The maximum Gasteiger partial charge on any atom is 0.257 e. The summed E-state index contributed by atoms with van der Waals surface area (Å²) in [5.41, 5.74) is 8.49. The summed E-state index contributed by atoms with van der Waals surface area (Å²) in [5, 5.41) is 7.19. The largest absolute Gasteiger partial charge is 0.484 e. The number of nitrogen functional groups attached to an aromatic ring is 1. The first kappa shape index (κ1) is 28.4. The van der Waals surface area contributed by atoms with Gasteiger partial charge in [-0.3, -0.25) is 9.69 Å². The van der Waals surface area contributed by atoms with E-state index in [2.05, 4.69) is 30.3 Å². The Hall–Kier alpha value is -4.76. The van der Waals surface area contributed by atoms with Gasteiger partial charge in [-0.05, 0) is 38.4 Å². The van der Waals surface area contributed by atoms with Gasteiger partial charge in [0.15, 0.2) is 29.2 Å². The van der Waals surface area contributed by atoms with Gasteiger partial charge >= 0.3 is 0 Å². The van der Waals surface area contributed by atoms with Crippen LogP contribution in [0.4, 0.5) is 16.0 Å². The number of benzene rings is 1. The van der Waals surface area contributed by atoms with Gasteiger partial charge < -0.3 is 34.6 Å². The molecule has 1 amide bonds. The van der Waals surface area contributed by atoms with E-state index < -0.39 is 0 Å². The van der Waals surface area contributed by atoms with Gasteiger partial charge in [0, 0.05) is 58.4 Å². The molecule has 3 N–H and O–H groups in total. The van der Waals surface area contributed by atoms with Crippen molar-refractivity contribution in [2.24, 2.45) is 0 Å². The summed E-state index contributed by atoms with van der Waals surface area (Å²) in [6.07, 6.45) is 3.30. The maximum atomic E-state index is 15.0. The smallest absolute Gasteiger partial charge is 0.257 e. The van der Waals surface area contributed by atoms with Gasteiger partial charge in [0.2, 0.25) is 11.8 Å². The number of imidazole rings is 1. The zero-order valence-electron chi connectivity index (χ0n) is 24.1. The Morgan fingerprint density at radius 2 is 1.98 bits per heavy atom. The van der Waals surface area contributed by atoms with Gasteiger partial charge in [-0.25, -0.2) is 14.4 Å².